The van der Waals surface area contributed by atoms with Gasteiger partial charge in [0.15, 0.2) is 0 Å². The second-order valence-corrected chi connectivity index (χ2v) is 5.72. The fourth-order valence-electron chi connectivity index (χ4n) is 2.48. The fourth-order valence-corrected chi connectivity index (χ4v) is 2.48. The summed E-state index contributed by atoms with van der Waals surface area (Å²) < 4.78 is 5.78. The van der Waals surface area contributed by atoms with Crippen molar-refractivity contribution < 1.29 is 4.74 Å². The minimum Gasteiger partial charge on any atom is -0.494 e. The zero-order valence-electron chi connectivity index (χ0n) is 13.3. The maximum atomic E-state index is 5.78. The third-order valence-corrected chi connectivity index (χ3v) is 3.68. The molecular formula is C20H26O. The van der Waals surface area contributed by atoms with Gasteiger partial charge in [0, 0.05) is 0 Å². The summed E-state index contributed by atoms with van der Waals surface area (Å²) in [6, 6.07) is 17.2. The number of unbranched alkanes of at least 4 members (excludes halogenated alkanes) is 3. The van der Waals surface area contributed by atoms with Gasteiger partial charge in [0.05, 0.1) is 6.61 Å². The molecule has 0 saturated heterocycles. The SMILES string of the molecule is CCCCCCOc1ccc(Cc2cccc(C)c2)cc1. The Labute approximate surface area is 129 Å². The van der Waals surface area contributed by atoms with Crippen LogP contribution in [-0.2, 0) is 6.42 Å². The first-order valence-corrected chi connectivity index (χ1v) is 8.05. The summed E-state index contributed by atoms with van der Waals surface area (Å²) in [6.07, 6.45) is 5.98. The first-order valence-electron chi connectivity index (χ1n) is 8.05. The van der Waals surface area contributed by atoms with Crippen LogP contribution in [0.25, 0.3) is 0 Å². The van der Waals surface area contributed by atoms with Gasteiger partial charge in [-0.15, -0.1) is 0 Å². The van der Waals surface area contributed by atoms with Crippen LogP contribution in [0.5, 0.6) is 5.75 Å². The molecule has 0 radical (unpaired) electrons. The van der Waals surface area contributed by atoms with Crippen molar-refractivity contribution >= 4 is 0 Å². The van der Waals surface area contributed by atoms with Crippen LogP contribution in [0.15, 0.2) is 48.5 Å². The van der Waals surface area contributed by atoms with Crippen molar-refractivity contribution in [3.8, 4) is 5.75 Å². The van der Waals surface area contributed by atoms with Crippen LogP contribution in [0.1, 0.15) is 49.3 Å². The van der Waals surface area contributed by atoms with Gasteiger partial charge >= 0.3 is 0 Å². The highest BCUT2D eigenvalue weighted by Crippen LogP contribution is 2.16. The maximum Gasteiger partial charge on any atom is 0.119 e. The predicted octanol–water partition coefficient (Wildman–Crippen LogP) is 5.54. The maximum absolute atomic E-state index is 5.78. The van der Waals surface area contributed by atoms with E-state index in [0.717, 1.165) is 25.2 Å². The molecule has 0 aliphatic rings. The molecule has 0 bridgehead atoms. The number of benzene rings is 2. The first kappa shape index (κ1) is 15.6. The number of ether oxygens (including phenoxy) is 1. The molecule has 1 heteroatoms. The van der Waals surface area contributed by atoms with E-state index in [2.05, 4.69) is 62.4 Å². The van der Waals surface area contributed by atoms with Gasteiger partial charge in [-0.2, -0.15) is 0 Å². The summed E-state index contributed by atoms with van der Waals surface area (Å²) >= 11 is 0. The second kappa shape index (κ2) is 8.51. The Balaban J connectivity index is 1.81. The van der Waals surface area contributed by atoms with Crippen LogP contribution in [0, 0.1) is 6.92 Å². The summed E-state index contributed by atoms with van der Waals surface area (Å²) in [6.45, 7) is 5.20. The minimum absolute atomic E-state index is 0.831. The molecule has 0 aliphatic heterocycles. The van der Waals surface area contributed by atoms with Crippen molar-refractivity contribution in [3.05, 3.63) is 65.2 Å². The van der Waals surface area contributed by atoms with Gasteiger partial charge in [0.1, 0.15) is 5.75 Å². The predicted molar refractivity (Wildman–Crippen MR) is 90.1 cm³/mol. The molecule has 112 valence electrons. The quantitative estimate of drug-likeness (QED) is 0.577. The van der Waals surface area contributed by atoms with Crippen LogP contribution in [0.4, 0.5) is 0 Å². The Hall–Kier alpha value is -1.76. The highest BCUT2D eigenvalue weighted by molar-refractivity contribution is 5.32. The van der Waals surface area contributed by atoms with Gasteiger partial charge < -0.3 is 4.74 Å². The van der Waals surface area contributed by atoms with Crippen LogP contribution in [0.3, 0.4) is 0 Å². The van der Waals surface area contributed by atoms with Crippen LogP contribution in [-0.4, -0.2) is 6.61 Å². The van der Waals surface area contributed by atoms with E-state index in [-0.39, 0.29) is 0 Å². The lowest BCUT2D eigenvalue weighted by Gasteiger charge is -2.07. The number of hydrogen-bond donors (Lipinski definition) is 0. The van der Waals surface area contributed by atoms with Crippen molar-refractivity contribution in [2.75, 3.05) is 6.61 Å². The standard InChI is InChI=1S/C20H26O/c1-3-4-5-6-14-21-20-12-10-18(11-13-20)16-19-9-7-8-17(2)15-19/h7-13,15H,3-6,14,16H2,1-2H3. The molecule has 0 saturated carbocycles. The van der Waals surface area contributed by atoms with Crippen molar-refractivity contribution in [2.45, 2.75) is 46.0 Å². The third kappa shape index (κ3) is 5.63. The molecule has 0 atom stereocenters. The van der Waals surface area contributed by atoms with E-state index >= 15 is 0 Å². The summed E-state index contributed by atoms with van der Waals surface area (Å²) in [4.78, 5) is 0. The molecule has 0 unspecified atom stereocenters. The Morgan fingerprint density at radius 3 is 2.38 bits per heavy atom. The molecule has 2 aromatic rings. The van der Waals surface area contributed by atoms with Gasteiger partial charge in [-0.1, -0.05) is 68.1 Å². The fraction of sp³-hybridized carbons (Fsp3) is 0.400. The van der Waals surface area contributed by atoms with Crippen molar-refractivity contribution in [1.82, 2.24) is 0 Å². The summed E-state index contributed by atoms with van der Waals surface area (Å²) in [5, 5.41) is 0. The second-order valence-electron chi connectivity index (χ2n) is 5.72. The third-order valence-electron chi connectivity index (χ3n) is 3.68. The molecule has 21 heavy (non-hydrogen) atoms. The normalized spacial score (nSPS) is 10.6. The van der Waals surface area contributed by atoms with Crippen molar-refractivity contribution in [3.63, 3.8) is 0 Å². The van der Waals surface area contributed by atoms with Crippen LogP contribution < -0.4 is 4.74 Å². The molecule has 1 nitrogen and oxygen atoms in total. The topological polar surface area (TPSA) is 9.23 Å². The van der Waals surface area contributed by atoms with Crippen LogP contribution in [0.2, 0.25) is 0 Å². The number of rotatable bonds is 8. The molecule has 0 aromatic heterocycles. The number of aryl methyl sites for hydroxylation is 1. The molecule has 2 aromatic carbocycles. The largest absolute Gasteiger partial charge is 0.494 e. The zero-order chi connectivity index (χ0) is 14.9. The highest BCUT2D eigenvalue weighted by Gasteiger charge is 1.99. The highest BCUT2D eigenvalue weighted by atomic mass is 16.5. The lowest BCUT2D eigenvalue weighted by atomic mass is 10.0. The van der Waals surface area contributed by atoms with Crippen LogP contribution >= 0.6 is 0 Å². The first-order chi connectivity index (χ1) is 10.3. The summed E-state index contributed by atoms with van der Waals surface area (Å²) in [7, 11) is 0. The van der Waals surface area contributed by atoms with Crippen molar-refractivity contribution in [2.24, 2.45) is 0 Å². The van der Waals surface area contributed by atoms with E-state index in [1.165, 1.54) is 36.0 Å². The number of hydrogen-bond acceptors (Lipinski definition) is 1. The smallest absolute Gasteiger partial charge is 0.119 e. The molecule has 0 heterocycles. The molecule has 0 fully saturated rings. The lowest BCUT2D eigenvalue weighted by Crippen LogP contribution is -1.97. The van der Waals surface area contributed by atoms with Gasteiger partial charge in [0.25, 0.3) is 0 Å². The molecule has 0 N–H and O–H groups in total. The van der Waals surface area contributed by atoms with E-state index in [9.17, 15) is 0 Å². The van der Waals surface area contributed by atoms with E-state index in [1.807, 2.05) is 0 Å². The molecule has 0 amide bonds. The van der Waals surface area contributed by atoms with Gasteiger partial charge in [0.2, 0.25) is 0 Å². The van der Waals surface area contributed by atoms with Crippen molar-refractivity contribution in [1.29, 1.82) is 0 Å². The Morgan fingerprint density at radius 1 is 0.857 bits per heavy atom. The Kier molecular flexibility index (Phi) is 6.33. The average Bonchev–Trinajstić information content (AvgIpc) is 2.49. The summed E-state index contributed by atoms with van der Waals surface area (Å²) in [5.41, 5.74) is 4.02. The van der Waals surface area contributed by atoms with E-state index < -0.39 is 0 Å². The average molecular weight is 282 g/mol. The minimum atomic E-state index is 0.831. The Bertz CT molecular complexity index is 528. The van der Waals surface area contributed by atoms with E-state index in [4.69, 9.17) is 4.74 Å². The lowest BCUT2D eigenvalue weighted by molar-refractivity contribution is 0.305. The van der Waals surface area contributed by atoms with Gasteiger partial charge in [-0.3, -0.25) is 0 Å². The molecule has 0 spiro atoms. The molecule has 2 rings (SSSR count). The van der Waals surface area contributed by atoms with E-state index in [1.54, 1.807) is 0 Å². The zero-order valence-corrected chi connectivity index (χ0v) is 13.3. The van der Waals surface area contributed by atoms with Gasteiger partial charge in [-0.25, -0.2) is 0 Å². The summed E-state index contributed by atoms with van der Waals surface area (Å²) in [5.74, 6) is 0.986. The van der Waals surface area contributed by atoms with E-state index in [0.29, 0.717) is 0 Å². The molecule has 0 aliphatic carbocycles. The van der Waals surface area contributed by atoms with Gasteiger partial charge in [-0.05, 0) is 43.0 Å². The Morgan fingerprint density at radius 2 is 1.67 bits per heavy atom. The molecular weight excluding hydrogens is 256 g/mol. The monoisotopic (exact) mass is 282 g/mol.